The molecular weight excluding hydrogens is 785 g/mol. The fourth-order valence-corrected chi connectivity index (χ4v) is 5.65. The number of hydrogen-bond acceptors (Lipinski definition) is 9. The molecule has 0 aliphatic carbocycles. The number of alkyl halides is 6. The number of H-pyrrole nitrogens is 1. The van der Waals surface area contributed by atoms with E-state index in [9.17, 15) is 41.0 Å². The van der Waals surface area contributed by atoms with Gasteiger partial charge in [-0.1, -0.05) is 66.6 Å². The van der Waals surface area contributed by atoms with Gasteiger partial charge in [-0.05, 0) is 55.7 Å². The van der Waals surface area contributed by atoms with Crippen molar-refractivity contribution in [2.45, 2.75) is 45.5 Å². The van der Waals surface area contributed by atoms with Crippen LogP contribution in [0.1, 0.15) is 31.4 Å². The number of aromatic nitrogens is 1. The number of benzene rings is 2. The van der Waals surface area contributed by atoms with Crippen LogP contribution in [0.2, 0.25) is 10.0 Å². The molecule has 0 spiro atoms. The van der Waals surface area contributed by atoms with E-state index < -0.39 is 24.3 Å². The number of rotatable bonds is 17. The third-order valence-electron chi connectivity index (χ3n) is 7.19. The number of aromatic amines is 1. The highest BCUT2D eigenvalue weighted by Crippen LogP contribution is 2.28. The lowest BCUT2D eigenvalue weighted by Crippen LogP contribution is -2.42. The number of thiazole rings is 1. The third-order valence-corrected chi connectivity index (χ3v) is 9.01. The standard InChI is InChI=1S/C28H38Cl2N4O4S.2C2HF3O2/c1-3-33(4-2)16-17-34(24(36)12-19-38-18-11-20-6-5-7-22(29)25(20)30)15-14-31-13-10-21-8-9-23(35)26-27(21)39-28(37)32-26;2*3-2(4,5)1(6)7/h5-9,31,35H,3-4,10-19H2,1-2H3,(H,32,37);2*(H,6,7). The van der Waals surface area contributed by atoms with Crippen molar-refractivity contribution in [1.29, 1.82) is 0 Å². The Bertz CT molecular complexity index is 1650. The fraction of sp³-hybridized carbons (Fsp3) is 0.500. The molecule has 3 rings (SSSR count). The maximum absolute atomic E-state index is 13.0. The minimum atomic E-state index is -5.08. The van der Waals surface area contributed by atoms with E-state index in [0.717, 1.165) is 46.8 Å². The summed E-state index contributed by atoms with van der Waals surface area (Å²) in [5, 5.41) is 28.7. The number of carbonyl (C=O) groups is 3. The number of nitrogens with one attached hydrogen (secondary N) is 2. The maximum atomic E-state index is 13.0. The largest absolute Gasteiger partial charge is 0.506 e. The normalized spacial score (nSPS) is 11.5. The molecule has 1 amide bonds. The Hall–Kier alpha value is -3.62. The zero-order valence-electron chi connectivity index (χ0n) is 28.6. The Morgan fingerprint density at radius 3 is 2.04 bits per heavy atom. The number of fused-ring (bicyclic) bond motifs is 1. The summed E-state index contributed by atoms with van der Waals surface area (Å²) in [5.41, 5.74) is 2.43. The number of hydrogen-bond donors (Lipinski definition) is 5. The number of amides is 1. The van der Waals surface area contributed by atoms with Gasteiger partial charge in [-0.3, -0.25) is 9.59 Å². The predicted octanol–water partition coefficient (Wildman–Crippen LogP) is 5.82. The van der Waals surface area contributed by atoms with Crippen LogP contribution in [0.25, 0.3) is 10.2 Å². The molecule has 0 saturated carbocycles. The zero-order valence-corrected chi connectivity index (χ0v) is 30.9. The first-order chi connectivity index (χ1) is 24.7. The number of phenols is 1. The molecule has 1 aromatic heterocycles. The van der Waals surface area contributed by atoms with Crippen molar-refractivity contribution < 1.29 is 60.8 Å². The van der Waals surface area contributed by atoms with Crippen LogP contribution in [0.5, 0.6) is 5.75 Å². The number of carboxylic acid groups (broad SMARTS) is 2. The van der Waals surface area contributed by atoms with Crippen LogP contribution in [-0.4, -0.2) is 119 Å². The fourth-order valence-electron chi connectivity index (χ4n) is 4.34. The number of likely N-dealkylation sites (N-methyl/N-ethyl adjacent to an activating group) is 1. The SMILES string of the molecule is CCN(CC)CCN(CCNCCc1ccc(O)c2[nH]c(=O)sc12)C(=O)CCOCCc1cccc(Cl)c1Cl.O=C(O)C(F)(F)F.O=C(O)C(F)(F)F. The minimum absolute atomic E-state index is 0.0714. The lowest BCUT2D eigenvalue weighted by molar-refractivity contribution is -0.193. The van der Waals surface area contributed by atoms with Gasteiger partial charge in [0.2, 0.25) is 5.91 Å². The number of aliphatic carboxylic acids is 2. The van der Waals surface area contributed by atoms with Gasteiger partial charge in [0.1, 0.15) is 11.3 Å². The number of carboxylic acids is 2. The molecule has 0 bridgehead atoms. The van der Waals surface area contributed by atoms with Crippen LogP contribution in [-0.2, 0) is 32.0 Å². The summed E-state index contributed by atoms with van der Waals surface area (Å²) in [7, 11) is 0. The van der Waals surface area contributed by atoms with E-state index in [1.54, 1.807) is 12.1 Å². The lowest BCUT2D eigenvalue weighted by Gasteiger charge is -2.27. The monoisotopic (exact) mass is 824 g/mol. The van der Waals surface area contributed by atoms with Gasteiger partial charge in [-0.25, -0.2) is 9.59 Å². The molecular formula is C32H40Cl2F6N4O8S. The molecule has 0 aliphatic rings. The predicted molar refractivity (Wildman–Crippen MR) is 188 cm³/mol. The van der Waals surface area contributed by atoms with E-state index in [-0.39, 0.29) is 16.5 Å². The average Bonchev–Trinajstić information content (AvgIpc) is 3.48. The lowest BCUT2D eigenvalue weighted by atomic mass is 10.1. The number of aromatic hydroxyl groups is 1. The smallest absolute Gasteiger partial charge is 0.490 e. The van der Waals surface area contributed by atoms with Crippen molar-refractivity contribution in [3.8, 4) is 5.75 Å². The van der Waals surface area contributed by atoms with Gasteiger partial charge in [-0.15, -0.1) is 0 Å². The van der Waals surface area contributed by atoms with Crippen LogP contribution in [0.4, 0.5) is 26.3 Å². The van der Waals surface area contributed by atoms with Gasteiger partial charge in [0.15, 0.2) is 0 Å². The van der Waals surface area contributed by atoms with Crippen LogP contribution < -0.4 is 10.2 Å². The quantitative estimate of drug-likeness (QED) is 0.0826. The molecule has 0 radical (unpaired) electrons. The highest BCUT2D eigenvalue weighted by Gasteiger charge is 2.38. The molecule has 298 valence electrons. The summed E-state index contributed by atoms with van der Waals surface area (Å²) in [6.07, 6.45) is -8.50. The second-order valence-corrected chi connectivity index (χ2v) is 12.6. The first kappa shape index (κ1) is 47.4. The molecule has 3 aromatic rings. The molecule has 0 saturated heterocycles. The summed E-state index contributed by atoms with van der Waals surface area (Å²) in [6, 6.07) is 9.01. The topological polar surface area (TPSA) is 172 Å². The van der Waals surface area contributed by atoms with Gasteiger partial charge in [-0.2, -0.15) is 26.3 Å². The molecule has 12 nitrogen and oxygen atoms in total. The molecule has 0 unspecified atom stereocenters. The maximum Gasteiger partial charge on any atom is 0.490 e. The van der Waals surface area contributed by atoms with Gasteiger partial charge in [0.25, 0.3) is 0 Å². The molecule has 0 atom stereocenters. The van der Waals surface area contributed by atoms with Gasteiger partial charge in [0.05, 0.1) is 34.4 Å². The number of ether oxygens (including phenoxy) is 1. The Morgan fingerprint density at radius 2 is 1.47 bits per heavy atom. The van der Waals surface area contributed by atoms with E-state index in [1.165, 1.54) is 0 Å². The van der Waals surface area contributed by atoms with Crippen LogP contribution in [0.3, 0.4) is 0 Å². The van der Waals surface area contributed by atoms with E-state index in [2.05, 4.69) is 29.0 Å². The number of carbonyl (C=O) groups excluding carboxylic acids is 1. The van der Waals surface area contributed by atoms with Crippen molar-refractivity contribution >= 4 is 62.6 Å². The highest BCUT2D eigenvalue weighted by molar-refractivity contribution is 7.16. The van der Waals surface area contributed by atoms with E-state index in [0.29, 0.717) is 74.2 Å². The second-order valence-electron chi connectivity index (χ2n) is 10.8. The van der Waals surface area contributed by atoms with E-state index >= 15 is 0 Å². The zero-order chi connectivity index (χ0) is 40.4. The molecule has 1 heterocycles. The Labute approximate surface area is 314 Å². The Balaban J connectivity index is 0.000000845. The Morgan fingerprint density at radius 1 is 0.868 bits per heavy atom. The van der Waals surface area contributed by atoms with Crippen molar-refractivity contribution in [2.75, 3.05) is 59.0 Å². The summed E-state index contributed by atoms with van der Waals surface area (Å²) in [6.45, 7) is 10.4. The van der Waals surface area contributed by atoms with Gasteiger partial charge in [0, 0.05) is 26.2 Å². The van der Waals surface area contributed by atoms with Gasteiger partial charge >= 0.3 is 29.2 Å². The molecule has 0 aliphatic heterocycles. The molecule has 53 heavy (non-hydrogen) atoms. The average molecular weight is 826 g/mol. The summed E-state index contributed by atoms with van der Waals surface area (Å²) < 4.78 is 70.0. The molecule has 5 N–H and O–H groups in total. The Kier molecular flexibility index (Phi) is 20.8. The van der Waals surface area contributed by atoms with Crippen LogP contribution in [0, 0.1) is 0 Å². The molecule has 2 aromatic carbocycles. The first-order valence-corrected chi connectivity index (χ1v) is 17.4. The summed E-state index contributed by atoms with van der Waals surface area (Å²) in [5.74, 6) is -5.36. The molecule has 21 heteroatoms. The number of phenolic OH excluding ortho intramolecular Hbond substituents is 1. The van der Waals surface area contributed by atoms with Gasteiger partial charge < -0.3 is 40.2 Å². The van der Waals surface area contributed by atoms with Crippen molar-refractivity contribution in [2.24, 2.45) is 0 Å². The highest BCUT2D eigenvalue weighted by atomic mass is 35.5. The van der Waals surface area contributed by atoms with Crippen LogP contribution >= 0.6 is 34.5 Å². The van der Waals surface area contributed by atoms with Crippen molar-refractivity contribution in [1.82, 2.24) is 20.1 Å². The second kappa shape index (κ2) is 23.2. The van der Waals surface area contributed by atoms with E-state index in [1.807, 2.05) is 23.1 Å². The van der Waals surface area contributed by atoms with E-state index in [4.69, 9.17) is 47.7 Å². The number of halogens is 8. The molecule has 0 fully saturated rings. The van der Waals surface area contributed by atoms with Crippen LogP contribution in [0.15, 0.2) is 35.1 Å². The summed E-state index contributed by atoms with van der Waals surface area (Å²) >= 11 is 13.4. The minimum Gasteiger partial charge on any atom is -0.506 e. The number of nitrogens with zero attached hydrogens (tertiary/aromatic N) is 2. The summed E-state index contributed by atoms with van der Waals surface area (Å²) in [4.78, 5) is 49.3. The van der Waals surface area contributed by atoms with Crippen molar-refractivity contribution in [3.05, 3.63) is 61.2 Å². The first-order valence-electron chi connectivity index (χ1n) is 15.9. The third kappa shape index (κ3) is 17.8. The van der Waals surface area contributed by atoms with Crippen molar-refractivity contribution in [3.63, 3.8) is 0 Å².